The number of rotatable bonds is 4. The molecular formula is C15H12ClNO3. The highest BCUT2D eigenvalue weighted by atomic mass is 35.5. The number of hydrogen-bond donors (Lipinski definition) is 1. The molecule has 1 aromatic heterocycles. The van der Waals surface area contributed by atoms with E-state index in [9.17, 15) is 9.90 Å². The number of carbonyl (C=O) groups excluding carboxylic acids is 1. The smallest absolute Gasteiger partial charge is 0.187 e. The normalized spacial score (nSPS) is 10.7. The van der Waals surface area contributed by atoms with Gasteiger partial charge in [0.05, 0.1) is 12.1 Å². The average molecular weight is 290 g/mol. The standard InChI is InChI=1S/C15H12ClNO3/c1-20-14-8-10(7-12(16)15(14)19)4-5-13(18)11-3-2-6-17-9-11/h2-9,19H,1H3. The van der Waals surface area contributed by atoms with Crippen LogP contribution in [0.5, 0.6) is 11.5 Å². The summed E-state index contributed by atoms with van der Waals surface area (Å²) < 4.78 is 4.99. The van der Waals surface area contributed by atoms with Gasteiger partial charge in [-0.2, -0.15) is 0 Å². The van der Waals surface area contributed by atoms with E-state index in [1.54, 1.807) is 36.5 Å². The van der Waals surface area contributed by atoms with Crippen molar-refractivity contribution in [2.75, 3.05) is 7.11 Å². The molecule has 4 nitrogen and oxygen atoms in total. The molecule has 5 heteroatoms. The number of pyridine rings is 1. The van der Waals surface area contributed by atoms with Crippen molar-refractivity contribution in [2.24, 2.45) is 0 Å². The second kappa shape index (κ2) is 6.21. The number of carbonyl (C=O) groups is 1. The topological polar surface area (TPSA) is 59.4 Å². The van der Waals surface area contributed by atoms with Crippen molar-refractivity contribution < 1.29 is 14.6 Å². The molecule has 0 radical (unpaired) electrons. The molecule has 1 N–H and O–H groups in total. The zero-order valence-corrected chi connectivity index (χ0v) is 11.5. The van der Waals surface area contributed by atoms with Crippen LogP contribution in [0.2, 0.25) is 5.02 Å². The maximum absolute atomic E-state index is 11.9. The van der Waals surface area contributed by atoms with Crippen molar-refractivity contribution in [3.63, 3.8) is 0 Å². The highest BCUT2D eigenvalue weighted by molar-refractivity contribution is 6.32. The second-order valence-electron chi connectivity index (χ2n) is 3.99. The van der Waals surface area contributed by atoms with E-state index in [-0.39, 0.29) is 22.3 Å². The van der Waals surface area contributed by atoms with Crippen LogP contribution in [0.4, 0.5) is 0 Å². The summed E-state index contributed by atoms with van der Waals surface area (Å²) in [6.07, 6.45) is 6.12. The molecule has 20 heavy (non-hydrogen) atoms. The summed E-state index contributed by atoms with van der Waals surface area (Å²) in [5, 5.41) is 9.79. The molecule has 1 heterocycles. The lowest BCUT2D eigenvalue weighted by Crippen LogP contribution is -1.94. The van der Waals surface area contributed by atoms with Crippen molar-refractivity contribution in [3.8, 4) is 11.5 Å². The molecular weight excluding hydrogens is 278 g/mol. The molecule has 0 fully saturated rings. The Morgan fingerprint density at radius 3 is 2.90 bits per heavy atom. The minimum Gasteiger partial charge on any atom is -0.503 e. The van der Waals surface area contributed by atoms with E-state index >= 15 is 0 Å². The van der Waals surface area contributed by atoms with Crippen LogP contribution in [0.15, 0.2) is 42.7 Å². The lowest BCUT2D eigenvalue weighted by molar-refractivity contribution is 0.104. The number of ketones is 1. The van der Waals surface area contributed by atoms with Gasteiger partial charge in [-0.05, 0) is 35.9 Å². The van der Waals surface area contributed by atoms with Crippen molar-refractivity contribution in [1.29, 1.82) is 0 Å². The third kappa shape index (κ3) is 3.16. The van der Waals surface area contributed by atoms with Gasteiger partial charge in [-0.1, -0.05) is 17.7 Å². The van der Waals surface area contributed by atoms with E-state index in [0.717, 1.165) is 0 Å². The number of hydrogen-bond acceptors (Lipinski definition) is 4. The number of phenols is 1. The van der Waals surface area contributed by atoms with Gasteiger partial charge in [0.2, 0.25) is 0 Å². The van der Waals surface area contributed by atoms with Gasteiger partial charge < -0.3 is 9.84 Å². The molecule has 0 aliphatic rings. The summed E-state index contributed by atoms with van der Waals surface area (Å²) in [4.78, 5) is 15.8. The van der Waals surface area contributed by atoms with Gasteiger partial charge in [0.25, 0.3) is 0 Å². The van der Waals surface area contributed by atoms with Crippen molar-refractivity contribution in [2.45, 2.75) is 0 Å². The van der Waals surface area contributed by atoms with Gasteiger partial charge in [0.1, 0.15) is 0 Å². The van der Waals surface area contributed by atoms with Crippen molar-refractivity contribution in [3.05, 3.63) is 58.9 Å². The molecule has 2 rings (SSSR count). The summed E-state index contributed by atoms with van der Waals surface area (Å²) in [5.41, 5.74) is 1.16. The number of halogens is 1. The number of aromatic nitrogens is 1. The van der Waals surface area contributed by atoms with Gasteiger partial charge in [-0.15, -0.1) is 0 Å². The number of ether oxygens (including phenoxy) is 1. The Hall–Kier alpha value is -2.33. The van der Waals surface area contributed by atoms with Crippen LogP contribution in [-0.4, -0.2) is 23.0 Å². The lowest BCUT2D eigenvalue weighted by atomic mass is 10.1. The summed E-state index contributed by atoms with van der Waals surface area (Å²) in [6, 6.07) is 6.52. The van der Waals surface area contributed by atoms with Gasteiger partial charge in [-0.3, -0.25) is 9.78 Å². The van der Waals surface area contributed by atoms with Crippen molar-refractivity contribution >= 4 is 23.5 Å². The van der Waals surface area contributed by atoms with E-state index < -0.39 is 0 Å². The van der Waals surface area contributed by atoms with Crippen LogP contribution >= 0.6 is 11.6 Å². The van der Waals surface area contributed by atoms with Crippen LogP contribution in [0.1, 0.15) is 15.9 Å². The summed E-state index contributed by atoms with van der Waals surface area (Å²) in [6.45, 7) is 0. The fourth-order valence-corrected chi connectivity index (χ4v) is 1.84. The van der Waals surface area contributed by atoms with Crippen molar-refractivity contribution in [1.82, 2.24) is 4.98 Å². The molecule has 0 aliphatic heterocycles. The van der Waals surface area contributed by atoms with Gasteiger partial charge >= 0.3 is 0 Å². The fraction of sp³-hybridized carbons (Fsp3) is 0.0667. The summed E-state index contributed by atoms with van der Waals surface area (Å²) in [5.74, 6) is -0.0304. The Kier molecular flexibility index (Phi) is 4.38. The third-order valence-corrected chi connectivity index (χ3v) is 2.93. The molecule has 0 aliphatic carbocycles. The maximum atomic E-state index is 11.9. The Labute approximate surface area is 121 Å². The SMILES string of the molecule is COc1cc(C=CC(=O)c2cccnc2)cc(Cl)c1O. The Bertz CT molecular complexity index is 654. The molecule has 0 bridgehead atoms. The van der Waals surface area contributed by atoms with Gasteiger partial charge in [-0.25, -0.2) is 0 Å². The van der Waals surface area contributed by atoms with E-state index in [4.69, 9.17) is 16.3 Å². The molecule has 0 spiro atoms. The maximum Gasteiger partial charge on any atom is 0.187 e. The molecule has 0 saturated carbocycles. The number of phenolic OH excluding ortho intramolecular Hbond substituents is 1. The molecule has 1 aromatic carbocycles. The van der Waals surface area contributed by atoms with Gasteiger partial charge in [0, 0.05) is 18.0 Å². The number of allylic oxidation sites excluding steroid dienone is 1. The van der Waals surface area contributed by atoms with E-state index in [1.165, 1.54) is 19.4 Å². The van der Waals surface area contributed by atoms with Gasteiger partial charge in [0.15, 0.2) is 17.3 Å². The predicted molar refractivity (Wildman–Crippen MR) is 77.3 cm³/mol. The minimum atomic E-state index is -0.165. The number of methoxy groups -OCH3 is 1. The predicted octanol–water partition coefficient (Wildman–Crippen LogP) is 3.35. The average Bonchev–Trinajstić information content (AvgIpc) is 2.48. The number of nitrogens with zero attached hydrogens (tertiary/aromatic N) is 1. The van der Waals surface area contributed by atoms with Crippen LogP contribution in [0, 0.1) is 0 Å². The summed E-state index contributed by atoms with van der Waals surface area (Å²) in [7, 11) is 1.43. The quantitative estimate of drug-likeness (QED) is 0.693. The highest BCUT2D eigenvalue weighted by Gasteiger charge is 2.08. The second-order valence-corrected chi connectivity index (χ2v) is 4.40. The molecule has 2 aromatic rings. The zero-order chi connectivity index (χ0) is 14.5. The largest absolute Gasteiger partial charge is 0.503 e. The van der Waals surface area contributed by atoms with E-state index in [0.29, 0.717) is 11.1 Å². The molecule has 0 atom stereocenters. The van der Waals surface area contributed by atoms with E-state index in [2.05, 4.69) is 4.98 Å². The molecule has 0 saturated heterocycles. The summed E-state index contributed by atoms with van der Waals surface area (Å²) >= 11 is 5.87. The first-order valence-electron chi connectivity index (χ1n) is 5.80. The highest BCUT2D eigenvalue weighted by Crippen LogP contribution is 2.35. The first-order valence-corrected chi connectivity index (χ1v) is 6.18. The molecule has 102 valence electrons. The zero-order valence-electron chi connectivity index (χ0n) is 10.7. The van der Waals surface area contributed by atoms with Crippen LogP contribution in [0.25, 0.3) is 6.08 Å². The third-order valence-electron chi connectivity index (χ3n) is 2.64. The molecule has 0 amide bonds. The first kappa shape index (κ1) is 14.1. The monoisotopic (exact) mass is 289 g/mol. The Morgan fingerprint density at radius 1 is 1.45 bits per heavy atom. The van der Waals surface area contributed by atoms with E-state index in [1.807, 2.05) is 0 Å². The Morgan fingerprint density at radius 2 is 2.25 bits per heavy atom. The van der Waals surface area contributed by atoms with Crippen LogP contribution in [-0.2, 0) is 0 Å². The number of aromatic hydroxyl groups is 1. The Balaban J connectivity index is 2.24. The first-order chi connectivity index (χ1) is 9.61. The lowest BCUT2D eigenvalue weighted by Gasteiger charge is -2.06. The van der Waals surface area contributed by atoms with Crippen LogP contribution < -0.4 is 4.74 Å². The van der Waals surface area contributed by atoms with Crippen LogP contribution in [0.3, 0.4) is 0 Å². The fourth-order valence-electron chi connectivity index (χ4n) is 1.62. The number of benzene rings is 1. The minimum absolute atomic E-state index is 0.120. The molecule has 0 unspecified atom stereocenters.